The van der Waals surface area contributed by atoms with E-state index in [1.807, 2.05) is 0 Å². The van der Waals surface area contributed by atoms with E-state index >= 15 is 0 Å². The van der Waals surface area contributed by atoms with Gasteiger partial charge in [0.2, 0.25) is 0 Å². The SMILES string of the molecule is Cc1ccccc1-c1c2cc3cc[se]c3cc2cc[n+]1C. The van der Waals surface area contributed by atoms with Crippen LogP contribution in [0, 0.1) is 6.92 Å². The molecule has 0 amide bonds. The molecule has 0 aliphatic rings. The molecule has 0 unspecified atom stereocenters. The second kappa shape index (κ2) is 4.84. The van der Waals surface area contributed by atoms with Crippen molar-refractivity contribution >= 4 is 34.9 Å². The number of aryl methyl sites for hydroxylation is 2. The maximum absolute atomic E-state index is 2.37. The molecule has 0 aliphatic heterocycles. The molecule has 0 spiro atoms. The van der Waals surface area contributed by atoms with Crippen molar-refractivity contribution in [3.63, 3.8) is 0 Å². The summed E-state index contributed by atoms with van der Waals surface area (Å²) >= 11 is 0.504. The zero-order valence-electron chi connectivity index (χ0n) is 12.1. The van der Waals surface area contributed by atoms with Gasteiger partial charge in [-0.3, -0.25) is 0 Å². The summed E-state index contributed by atoms with van der Waals surface area (Å²) in [6.45, 7) is 2.19. The van der Waals surface area contributed by atoms with E-state index in [1.165, 1.54) is 37.2 Å². The minimum absolute atomic E-state index is 0.504. The van der Waals surface area contributed by atoms with Crippen molar-refractivity contribution in [3.05, 3.63) is 65.2 Å². The molecule has 2 aromatic heterocycles. The van der Waals surface area contributed by atoms with E-state index in [2.05, 4.69) is 78.2 Å². The van der Waals surface area contributed by atoms with Crippen molar-refractivity contribution < 1.29 is 4.57 Å². The van der Waals surface area contributed by atoms with E-state index in [-0.39, 0.29) is 0 Å². The van der Waals surface area contributed by atoms with Gasteiger partial charge in [-0.05, 0) is 0 Å². The van der Waals surface area contributed by atoms with Crippen LogP contribution in [0.4, 0.5) is 0 Å². The number of pyridine rings is 1. The molecule has 2 heteroatoms. The fourth-order valence-corrected chi connectivity index (χ4v) is 4.72. The van der Waals surface area contributed by atoms with Gasteiger partial charge in [0.15, 0.2) is 0 Å². The van der Waals surface area contributed by atoms with Gasteiger partial charge in [0.25, 0.3) is 0 Å². The predicted octanol–water partition coefficient (Wildman–Crippen LogP) is 3.85. The molecule has 4 aromatic rings. The summed E-state index contributed by atoms with van der Waals surface area (Å²) in [4.78, 5) is 2.31. The van der Waals surface area contributed by atoms with Gasteiger partial charge in [0.05, 0.1) is 0 Å². The van der Waals surface area contributed by atoms with E-state index in [1.54, 1.807) is 0 Å². The summed E-state index contributed by atoms with van der Waals surface area (Å²) in [5, 5.41) is 4.08. The molecule has 0 bridgehead atoms. The van der Waals surface area contributed by atoms with E-state index in [0.29, 0.717) is 14.5 Å². The van der Waals surface area contributed by atoms with Crippen LogP contribution in [0.1, 0.15) is 5.56 Å². The van der Waals surface area contributed by atoms with Gasteiger partial charge in [-0.25, -0.2) is 0 Å². The molecule has 0 N–H and O–H groups in total. The van der Waals surface area contributed by atoms with Crippen LogP contribution in [0.25, 0.3) is 31.7 Å². The number of hydrogen-bond acceptors (Lipinski definition) is 0. The minimum atomic E-state index is 0.504. The van der Waals surface area contributed by atoms with Crippen LogP contribution < -0.4 is 4.57 Å². The maximum atomic E-state index is 2.37. The van der Waals surface area contributed by atoms with Crippen LogP contribution in [0.5, 0.6) is 0 Å². The number of fused-ring (bicyclic) bond motifs is 2. The van der Waals surface area contributed by atoms with Crippen molar-refractivity contribution in [2.45, 2.75) is 6.92 Å². The molecule has 2 aromatic carbocycles. The second-order valence-electron chi connectivity index (χ2n) is 5.49. The fourth-order valence-electron chi connectivity index (χ4n) is 3.00. The van der Waals surface area contributed by atoms with Crippen molar-refractivity contribution in [2.75, 3.05) is 0 Å². The van der Waals surface area contributed by atoms with Crippen LogP contribution >= 0.6 is 0 Å². The molecule has 0 radical (unpaired) electrons. The Bertz CT molecular complexity index is 966. The second-order valence-corrected chi connectivity index (χ2v) is 7.48. The molecule has 0 saturated carbocycles. The third-order valence-corrected chi connectivity index (χ3v) is 5.96. The standard InChI is InChI=1S/C19H16NSe/c1-13-5-3-4-6-16(13)19-17-11-15-8-10-21-18(15)12-14(17)7-9-20(19)2/h3-12H,1-2H3/q+1. The predicted molar refractivity (Wildman–Crippen MR) is 89.7 cm³/mol. The van der Waals surface area contributed by atoms with E-state index in [9.17, 15) is 0 Å². The van der Waals surface area contributed by atoms with Crippen molar-refractivity contribution in [1.29, 1.82) is 0 Å². The van der Waals surface area contributed by atoms with Crippen molar-refractivity contribution in [3.8, 4) is 11.3 Å². The summed E-state index contributed by atoms with van der Waals surface area (Å²) in [5.41, 5.74) is 3.94. The molecule has 1 nitrogen and oxygen atoms in total. The zero-order valence-corrected chi connectivity index (χ0v) is 13.8. The first-order chi connectivity index (χ1) is 10.2. The van der Waals surface area contributed by atoms with Gasteiger partial charge in [-0.15, -0.1) is 0 Å². The van der Waals surface area contributed by atoms with Crippen LogP contribution in [0.15, 0.2) is 59.7 Å². The topological polar surface area (TPSA) is 3.88 Å². The van der Waals surface area contributed by atoms with Crippen LogP contribution in [0.2, 0.25) is 0 Å². The Kier molecular flexibility index (Phi) is 2.95. The third kappa shape index (κ3) is 2.03. The average molecular weight is 337 g/mol. The van der Waals surface area contributed by atoms with Crippen LogP contribution in [0.3, 0.4) is 0 Å². The van der Waals surface area contributed by atoms with E-state index in [0.717, 1.165) is 0 Å². The molecule has 0 saturated heterocycles. The molecular formula is C19H16NSe+. The Morgan fingerprint density at radius 2 is 1.81 bits per heavy atom. The molecule has 102 valence electrons. The molecule has 2 heterocycles. The Morgan fingerprint density at radius 1 is 0.952 bits per heavy atom. The van der Waals surface area contributed by atoms with Crippen LogP contribution in [-0.4, -0.2) is 14.5 Å². The number of aromatic nitrogens is 1. The Hall–Kier alpha value is -1.89. The summed E-state index contributed by atoms with van der Waals surface area (Å²) in [5.74, 6) is 0. The number of hydrogen-bond donors (Lipinski definition) is 0. The van der Waals surface area contributed by atoms with Crippen LogP contribution in [-0.2, 0) is 7.05 Å². The molecule has 21 heavy (non-hydrogen) atoms. The monoisotopic (exact) mass is 338 g/mol. The van der Waals surface area contributed by atoms with Gasteiger partial charge in [-0.2, -0.15) is 0 Å². The molecule has 0 fully saturated rings. The van der Waals surface area contributed by atoms with E-state index < -0.39 is 0 Å². The first-order valence-corrected chi connectivity index (χ1v) is 8.94. The summed E-state index contributed by atoms with van der Waals surface area (Å²) < 4.78 is 3.74. The summed E-state index contributed by atoms with van der Waals surface area (Å²) in [6, 6.07) is 17.9. The number of benzene rings is 2. The first-order valence-electron chi connectivity index (χ1n) is 7.09. The van der Waals surface area contributed by atoms with Gasteiger partial charge < -0.3 is 0 Å². The van der Waals surface area contributed by atoms with Crippen molar-refractivity contribution in [1.82, 2.24) is 0 Å². The molecule has 0 aliphatic carbocycles. The number of rotatable bonds is 1. The van der Waals surface area contributed by atoms with Gasteiger partial charge in [0.1, 0.15) is 0 Å². The van der Waals surface area contributed by atoms with Gasteiger partial charge in [-0.1, -0.05) is 0 Å². The van der Waals surface area contributed by atoms with E-state index in [4.69, 9.17) is 0 Å². The summed E-state index contributed by atoms with van der Waals surface area (Å²) in [6.07, 6.45) is 2.17. The summed E-state index contributed by atoms with van der Waals surface area (Å²) in [7, 11) is 2.13. The van der Waals surface area contributed by atoms with Crippen molar-refractivity contribution in [2.24, 2.45) is 7.05 Å². The fraction of sp³-hybridized carbons (Fsp3) is 0.105. The molecule has 4 rings (SSSR count). The quantitative estimate of drug-likeness (QED) is 0.367. The molecular weight excluding hydrogens is 321 g/mol. The Labute approximate surface area is 130 Å². The normalized spacial score (nSPS) is 11.3. The number of nitrogens with zero attached hydrogens (tertiary/aromatic N) is 1. The van der Waals surface area contributed by atoms with Gasteiger partial charge in [0, 0.05) is 0 Å². The average Bonchev–Trinajstić information content (AvgIpc) is 2.94. The Balaban J connectivity index is 2.16. The first kappa shape index (κ1) is 12.8. The third-order valence-electron chi connectivity index (χ3n) is 4.11. The Morgan fingerprint density at radius 3 is 2.67 bits per heavy atom. The van der Waals surface area contributed by atoms with Gasteiger partial charge >= 0.3 is 130 Å². The zero-order chi connectivity index (χ0) is 14.4. The molecule has 0 atom stereocenters.